The predicted molar refractivity (Wildman–Crippen MR) is 46.6 cm³/mol. The standard InChI is InChI=1S/C9H10N2O/c10-9-6-8(12-11-9)7-4-2-1-3-5-7/h1-6,9,11H,10H2. The van der Waals surface area contributed by atoms with Gasteiger partial charge < -0.3 is 10.6 Å². The van der Waals surface area contributed by atoms with E-state index in [0.717, 1.165) is 11.3 Å². The molecule has 0 bridgehead atoms. The molecule has 0 amide bonds. The van der Waals surface area contributed by atoms with Crippen LogP contribution in [0.4, 0.5) is 0 Å². The Hall–Kier alpha value is -1.32. The van der Waals surface area contributed by atoms with Crippen molar-refractivity contribution in [1.82, 2.24) is 5.48 Å². The van der Waals surface area contributed by atoms with Crippen LogP contribution < -0.4 is 11.2 Å². The highest BCUT2D eigenvalue weighted by Gasteiger charge is 2.13. The minimum Gasteiger partial charge on any atom is -0.406 e. The Bertz CT molecular complexity index is 295. The number of hydrogen-bond donors (Lipinski definition) is 2. The van der Waals surface area contributed by atoms with Crippen LogP contribution in [0.1, 0.15) is 5.56 Å². The van der Waals surface area contributed by atoms with Gasteiger partial charge in [-0.05, 0) is 6.08 Å². The summed E-state index contributed by atoms with van der Waals surface area (Å²) in [5, 5.41) is 0. The fourth-order valence-electron chi connectivity index (χ4n) is 1.12. The molecule has 1 aliphatic rings. The molecule has 1 unspecified atom stereocenters. The molecular weight excluding hydrogens is 152 g/mol. The minimum absolute atomic E-state index is 0.194. The van der Waals surface area contributed by atoms with Gasteiger partial charge in [0.05, 0.1) is 0 Å². The maximum atomic E-state index is 5.55. The van der Waals surface area contributed by atoms with Gasteiger partial charge in [-0.2, -0.15) is 0 Å². The Balaban J connectivity index is 2.27. The first-order valence-corrected chi connectivity index (χ1v) is 3.81. The summed E-state index contributed by atoms with van der Waals surface area (Å²) >= 11 is 0. The van der Waals surface area contributed by atoms with Gasteiger partial charge in [-0.1, -0.05) is 30.3 Å². The molecule has 0 saturated carbocycles. The van der Waals surface area contributed by atoms with Crippen LogP contribution in [0.3, 0.4) is 0 Å². The Labute approximate surface area is 70.8 Å². The third-order valence-electron chi connectivity index (χ3n) is 1.69. The topological polar surface area (TPSA) is 47.3 Å². The zero-order valence-electron chi connectivity index (χ0n) is 6.53. The first-order valence-electron chi connectivity index (χ1n) is 3.81. The van der Waals surface area contributed by atoms with Crippen LogP contribution >= 0.6 is 0 Å². The summed E-state index contributed by atoms with van der Waals surface area (Å²) < 4.78 is 0. The molecule has 3 nitrogen and oxygen atoms in total. The molecule has 1 heterocycles. The van der Waals surface area contributed by atoms with Crippen molar-refractivity contribution < 1.29 is 4.84 Å². The first kappa shape index (κ1) is 7.34. The van der Waals surface area contributed by atoms with E-state index < -0.39 is 0 Å². The van der Waals surface area contributed by atoms with E-state index in [1.165, 1.54) is 0 Å². The average Bonchev–Trinajstić information content (AvgIpc) is 2.54. The lowest BCUT2D eigenvalue weighted by atomic mass is 10.2. The van der Waals surface area contributed by atoms with E-state index in [1.54, 1.807) is 0 Å². The summed E-state index contributed by atoms with van der Waals surface area (Å²) in [5.74, 6) is 0.795. The highest BCUT2D eigenvalue weighted by Crippen LogP contribution is 2.17. The summed E-state index contributed by atoms with van der Waals surface area (Å²) in [6, 6.07) is 9.84. The van der Waals surface area contributed by atoms with Gasteiger partial charge >= 0.3 is 0 Å². The van der Waals surface area contributed by atoms with E-state index in [-0.39, 0.29) is 6.17 Å². The highest BCUT2D eigenvalue weighted by molar-refractivity contribution is 5.61. The van der Waals surface area contributed by atoms with E-state index in [1.807, 2.05) is 36.4 Å². The largest absolute Gasteiger partial charge is 0.406 e. The maximum Gasteiger partial charge on any atom is 0.153 e. The number of nitrogens with one attached hydrogen (secondary N) is 1. The second kappa shape index (κ2) is 2.97. The number of hydrogen-bond acceptors (Lipinski definition) is 3. The molecule has 1 aromatic rings. The van der Waals surface area contributed by atoms with E-state index in [2.05, 4.69) is 5.48 Å². The normalized spacial score (nSPS) is 21.8. The zero-order valence-corrected chi connectivity index (χ0v) is 6.53. The third-order valence-corrected chi connectivity index (χ3v) is 1.69. The van der Waals surface area contributed by atoms with Crippen molar-refractivity contribution in [3.63, 3.8) is 0 Å². The number of hydroxylamine groups is 1. The second-order valence-electron chi connectivity index (χ2n) is 2.64. The lowest BCUT2D eigenvalue weighted by molar-refractivity contribution is 0.163. The van der Waals surface area contributed by atoms with E-state index in [0.29, 0.717) is 0 Å². The number of nitrogens with two attached hydrogens (primary N) is 1. The molecular formula is C9H10N2O. The molecule has 0 fully saturated rings. The molecule has 62 valence electrons. The van der Waals surface area contributed by atoms with Gasteiger partial charge in [0, 0.05) is 5.56 Å². The summed E-state index contributed by atoms with van der Waals surface area (Å²) in [6.45, 7) is 0. The summed E-state index contributed by atoms with van der Waals surface area (Å²) in [6.07, 6.45) is 1.65. The number of rotatable bonds is 1. The van der Waals surface area contributed by atoms with Crippen LogP contribution in [0.5, 0.6) is 0 Å². The molecule has 0 spiro atoms. The van der Waals surface area contributed by atoms with Gasteiger partial charge in [-0.25, -0.2) is 0 Å². The van der Waals surface area contributed by atoms with E-state index >= 15 is 0 Å². The van der Waals surface area contributed by atoms with Crippen molar-refractivity contribution in [2.24, 2.45) is 5.73 Å². The molecule has 0 aliphatic carbocycles. The van der Waals surface area contributed by atoms with Gasteiger partial charge in [0.25, 0.3) is 0 Å². The fraction of sp³-hybridized carbons (Fsp3) is 0.111. The second-order valence-corrected chi connectivity index (χ2v) is 2.64. The lowest BCUT2D eigenvalue weighted by Crippen LogP contribution is -2.29. The van der Waals surface area contributed by atoms with Crippen molar-refractivity contribution >= 4 is 5.76 Å². The Kier molecular flexibility index (Phi) is 1.81. The predicted octanol–water partition coefficient (Wildman–Crippen LogP) is 0.847. The Morgan fingerprint density at radius 1 is 1.25 bits per heavy atom. The molecule has 0 radical (unpaired) electrons. The van der Waals surface area contributed by atoms with Gasteiger partial charge in [-0.15, -0.1) is 5.48 Å². The van der Waals surface area contributed by atoms with Crippen molar-refractivity contribution in [3.8, 4) is 0 Å². The van der Waals surface area contributed by atoms with Crippen LogP contribution in [0, 0.1) is 0 Å². The number of benzene rings is 1. The van der Waals surface area contributed by atoms with Crippen LogP contribution in [0.25, 0.3) is 5.76 Å². The van der Waals surface area contributed by atoms with Crippen molar-refractivity contribution in [3.05, 3.63) is 42.0 Å². The van der Waals surface area contributed by atoms with E-state index in [9.17, 15) is 0 Å². The van der Waals surface area contributed by atoms with Gasteiger partial charge in [0.1, 0.15) is 6.17 Å². The Morgan fingerprint density at radius 2 is 2.00 bits per heavy atom. The summed E-state index contributed by atoms with van der Waals surface area (Å²) in [5.41, 5.74) is 9.24. The molecule has 3 heteroatoms. The minimum atomic E-state index is -0.194. The molecule has 1 aliphatic heterocycles. The highest BCUT2D eigenvalue weighted by atomic mass is 16.7. The maximum absolute atomic E-state index is 5.55. The monoisotopic (exact) mass is 162 g/mol. The van der Waals surface area contributed by atoms with Crippen LogP contribution in [0.2, 0.25) is 0 Å². The van der Waals surface area contributed by atoms with Gasteiger partial charge in [0.2, 0.25) is 0 Å². The smallest absolute Gasteiger partial charge is 0.153 e. The first-order chi connectivity index (χ1) is 5.86. The fourth-order valence-corrected chi connectivity index (χ4v) is 1.12. The lowest BCUT2D eigenvalue weighted by Gasteiger charge is -2.01. The van der Waals surface area contributed by atoms with Crippen LogP contribution in [-0.4, -0.2) is 6.17 Å². The quantitative estimate of drug-likeness (QED) is 0.643. The van der Waals surface area contributed by atoms with Crippen molar-refractivity contribution in [1.29, 1.82) is 0 Å². The molecule has 0 aromatic heterocycles. The summed E-state index contributed by atoms with van der Waals surface area (Å²) in [7, 11) is 0. The summed E-state index contributed by atoms with van der Waals surface area (Å²) in [4.78, 5) is 5.14. The molecule has 1 aromatic carbocycles. The van der Waals surface area contributed by atoms with Gasteiger partial charge in [0.15, 0.2) is 5.76 Å². The SMILES string of the molecule is NC1C=C(c2ccccc2)ON1. The van der Waals surface area contributed by atoms with Crippen molar-refractivity contribution in [2.75, 3.05) is 0 Å². The van der Waals surface area contributed by atoms with Crippen LogP contribution in [0.15, 0.2) is 36.4 Å². The zero-order chi connectivity index (χ0) is 8.39. The molecule has 1 atom stereocenters. The van der Waals surface area contributed by atoms with Gasteiger partial charge in [-0.3, -0.25) is 0 Å². The average molecular weight is 162 g/mol. The third kappa shape index (κ3) is 1.32. The molecule has 3 N–H and O–H groups in total. The molecule has 12 heavy (non-hydrogen) atoms. The van der Waals surface area contributed by atoms with Crippen LogP contribution in [-0.2, 0) is 4.84 Å². The molecule has 2 rings (SSSR count). The Morgan fingerprint density at radius 3 is 2.58 bits per heavy atom. The van der Waals surface area contributed by atoms with E-state index in [4.69, 9.17) is 10.6 Å². The molecule has 0 saturated heterocycles. The van der Waals surface area contributed by atoms with Crippen molar-refractivity contribution in [2.45, 2.75) is 6.17 Å².